The third kappa shape index (κ3) is 3.68. The topological polar surface area (TPSA) is 66.9 Å². The molecular weight excluding hydrogens is 220 g/mol. The molecule has 4 heteroatoms. The van der Waals surface area contributed by atoms with E-state index in [1.807, 2.05) is 6.07 Å². The van der Waals surface area contributed by atoms with E-state index < -0.39 is 0 Å². The van der Waals surface area contributed by atoms with Gasteiger partial charge in [-0.1, -0.05) is 23.6 Å². The lowest BCUT2D eigenvalue weighted by atomic mass is 10.1. The second-order valence-corrected chi connectivity index (χ2v) is 4.15. The van der Waals surface area contributed by atoms with Crippen LogP contribution in [0.2, 0.25) is 0 Å². The SMILES string of the molecule is CC(=O)SCC#Cc1cc(C#N)ccc1N. The van der Waals surface area contributed by atoms with Crippen LogP contribution in [-0.4, -0.2) is 10.9 Å². The van der Waals surface area contributed by atoms with E-state index in [0.717, 1.165) is 11.8 Å². The number of nitrogen functional groups attached to an aromatic ring is 1. The molecule has 1 aromatic carbocycles. The van der Waals surface area contributed by atoms with Crippen molar-refractivity contribution in [2.24, 2.45) is 0 Å². The highest BCUT2D eigenvalue weighted by molar-refractivity contribution is 8.13. The zero-order valence-electron chi connectivity index (χ0n) is 8.78. The van der Waals surface area contributed by atoms with Gasteiger partial charge < -0.3 is 5.73 Å². The Kier molecular flexibility index (Phi) is 4.44. The summed E-state index contributed by atoms with van der Waals surface area (Å²) in [6.45, 7) is 1.50. The molecule has 0 radical (unpaired) electrons. The summed E-state index contributed by atoms with van der Waals surface area (Å²) in [7, 11) is 0. The van der Waals surface area contributed by atoms with E-state index in [0.29, 0.717) is 22.6 Å². The molecule has 0 unspecified atom stereocenters. The molecule has 0 aliphatic heterocycles. The van der Waals surface area contributed by atoms with Crippen LogP contribution in [-0.2, 0) is 4.79 Å². The summed E-state index contributed by atoms with van der Waals surface area (Å²) in [5.41, 5.74) is 7.40. The smallest absolute Gasteiger partial charge is 0.186 e. The quantitative estimate of drug-likeness (QED) is 0.589. The lowest BCUT2D eigenvalue weighted by Gasteiger charge is -1.97. The van der Waals surface area contributed by atoms with Gasteiger partial charge in [-0.05, 0) is 18.2 Å². The molecule has 3 nitrogen and oxygen atoms in total. The van der Waals surface area contributed by atoms with E-state index in [1.54, 1.807) is 18.2 Å². The van der Waals surface area contributed by atoms with Gasteiger partial charge in [-0.2, -0.15) is 5.26 Å². The van der Waals surface area contributed by atoms with Crippen LogP contribution in [0.5, 0.6) is 0 Å². The first kappa shape index (κ1) is 12.2. The molecule has 0 aliphatic carbocycles. The maximum absolute atomic E-state index is 10.6. The standard InChI is InChI=1S/C12H10N2OS/c1-9(15)16-6-2-3-11-7-10(8-13)4-5-12(11)14/h4-5,7H,6,14H2,1H3. The van der Waals surface area contributed by atoms with Crippen molar-refractivity contribution in [2.75, 3.05) is 11.5 Å². The first-order valence-electron chi connectivity index (χ1n) is 4.55. The molecule has 0 aromatic heterocycles. The molecule has 0 saturated heterocycles. The van der Waals surface area contributed by atoms with Gasteiger partial charge in [0.05, 0.1) is 17.4 Å². The van der Waals surface area contributed by atoms with Gasteiger partial charge in [0.1, 0.15) is 0 Å². The van der Waals surface area contributed by atoms with E-state index in [2.05, 4.69) is 11.8 Å². The Morgan fingerprint density at radius 3 is 2.94 bits per heavy atom. The van der Waals surface area contributed by atoms with Gasteiger partial charge in [-0.3, -0.25) is 4.79 Å². The van der Waals surface area contributed by atoms with E-state index in [-0.39, 0.29) is 5.12 Å². The Bertz CT molecular complexity index is 506. The molecule has 0 amide bonds. The lowest BCUT2D eigenvalue weighted by molar-refractivity contribution is -0.109. The minimum Gasteiger partial charge on any atom is -0.398 e. The number of thioether (sulfide) groups is 1. The van der Waals surface area contributed by atoms with Crippen molar-refractivity contribution in [3.05, 3.63) is 29.3 Å². The highest BCUT2D eigenvalue weighted by atomic mass is 32.2. The third-order valence-corrected chi connectivity index (χ3v) is 2.45. The summed E-state index contributed by atoms with van der Waals surface area (Å²) < 4.78 is 0. The van der Waals surface area contributed by atoms with Crippen molar-refractivity contribution < 1.29 is 4.79 Å². The highest BCUT2D eigenvalue weighted by Crippen LogP contribution is 2.12. The predicted molar refractivity (Wildman–Crippen MR) is 65.6 cm³/mol. The summed E-state index contributed by atoms with van der Waals surface area (Å²) in [6.07, 6.45) is 0. The molecule has 0 bridgehead atoms. The van der Waals surface area contributed by atoms with E-state index >= 15 is 0 Å². The number of hydrogen-bond acceptors (Lipinski definition) is 4. The molecule has 0 saturated carbocycles. The first-order chi connectivity index (χ1) is 7.63. The average molecular weight is 230 g/mol. The van der Waals surface area contributed by atoms with Crippen LogP contribution in [0.3, 0.4) is 0 Å². The van der Waals surface area contributed by atoms with Gasteiger partial charge in [-0.15, -0.1) is 0 Å². The number of hydrogen-bond donors (Lipinski definition) is 1. The molecule has 80 valence electrons. The fourth-order valence-corrected chi connectivity index (χ4v) is 1.35. The zero-order valence-corrected chi connectivity index (χ0v) is 9.60. The van der Waals surface area contributed by atoms with Gasteiger partial charge >= 0.3 is 0 Å². The summed E-state index contributed by atoms with van der Waals surface area (Å²) >= 11 is 1.15. The number of carbonyl (C=O) groups is 1. The number of nitriles is 1. The number of nitrogens with two attached hydrogens (primary N) is 1. The van der Waals surface area contributed by atoms with Crippen molar-refractivity contribution in [3.63, 3.8) is 0 Å². The number of carbonyl (C=O) groups excluding carboxylic acids is 1. The number of nitrogens with zero attached hydrogens (tertiary/aromatic N) is 1. The van der Waals surface area contributed by atoms with Crippen molar-refractivity contribution in [2.45, 2.75) is 6.92 Å². The molecular formula is C12H10N2OS. The van der Waals surface area contributed by atoms with Crippen LogP contribution in [0.25, 0.3) is 0 Å². The summed E-state index contributed by atoms with van der Waals surface area (Å²) in [4.78, 5) is 10.6. The molecule has 0 aliphatic rings. The number of benzene rings is 1. The Labute approximate surface area is 98.6 Å². The Hall–Kier alpha value is -1.91. The van der Waals surface area contributed by atoms with Gasteiger partial charge in [0.25, 0.3) is 0 Å². The van der Waals surface area contributed by atoms with Gasteiger partial charge in [0, 0.05) is 18.2 Å². The lowest BCUT2D eigenvalue weighted by Crippen LogP contribution is -1.91. The Morgan fingerprint density at radius 2 is 2.31 bits per heavy atom. The molecule has 0 atom stereocenters. The van der Waals surface area contributed by atoms with Crippen molar-refractivity contribution in [1.82, 2.24) is 0 Å². The van der Waals surface area contributed by atoms with Crippen LogP contribution >= 0.6 is 11.8 Å². The molecule has 1 aromatic rings. The minimum absolute atomic E-state index is 0.0352. The van der Waals surface area contributed by atoms with E-state index in [1.165, 1.54) is 6.92 Å². The van der Waals surface area contributed by atoms with Crippen LogP contribution in [0.4, 0.5) is 5.69 Å². The maximum Gasteiger partial charge on any atom is 0.186 e. The second kappa shape index (κ2) is 5.85. The fraction of sp³-hybridized carbons (Fsp3) is 0.167. The van der Waals surface area contributed by atoms with E-state index in [4.69, 9.17) is 11.0 Å². The van der Waals surface area contributed by atoms with Crippen LogP contribution < -0.4 is 5.73 Å². The van der Waals surface area contributed by atoms with Crippen molar-refractivity contribution in [1.29, 1.82) is 5.26 Å². The molecule has 0 heterocycles. The van der Waals surface area contributed by atoms with Gasteiger partial charge in [0.15, 0.2) is 5.12 Å². The van der Waals surface area contributed by atoms with Crippen LogP contribution in [0, 0.1) is 23.2 Å². The summed E-state index contributed by atoms with van der Waals surface area (Å²) in [5.74, 6) is 6.11. The molecule has 0 spiro atoms. The van der Waals surface area contributed by atoms with E-state index in [9.17, 15) is 4.79 Å². The Balaban J connectivity index is 2.80. The van der Waals surface area contributed by atoms with Crippen molar-refractivity contribution in [3.8, 4) is 17.9 Å². The fourth-order valence-electron chi connectivity index (χ4n) is 1.00. The van der Waals surface area contributed by atoms with Crippen molar-refractivity contribution >= 4 is 22.6 Å². The highest BCUT2D eigenvalue weighted by Gasteiger charge is 1.97. The predicted octanol–water partition coefficient (Wildman–Crippen LogP) is 1.77. The molecule has 0 fully saturated rings. The zero-order chi connectivity index (χ0) is 12.0. The van der Waals surface area contributed by atoms with Crippen LogP contribution in [0.15, 0.2) is 18.2 Å². The monoisotopic (exact) mass is 230 g/mol. The third-order valence-electron chi connectivity index (χ3n) is 1.75. The summed E-state index contributed by atoms with van der Waals surface area (Å²) in [6, 6.07) is 6.96. The number of rotatable bonds is 1. The van der Waals surface area contributed by atoms with Gasteiger partial charge in [-0.25, -0.2) is 0 Å². The summed E-state index contributed by atoms with van der Waals surface area (Å²) in [5, 5.41) is 8.74. The normalized spacial score (nSPS) is 8.75. The van der Waals surface area contributed by atoms with Crippen LogP contribution in [0.1, 0.15) is 18.1 Å². The largest absolute Gasteiger partial charge is 0.398 e. The maximum atomic E-state index is 10.6. The molecule has 1 rings (SSSR count). The second-order valence-electron chi connectivity index (χ2n) is 3.00. The number of anilines is 1. The molecule has 2 N–H and O–H groups in total. The Morgan fingerprint density at radius 1 is 1.56 bits per heavy atom. The van der Waals surface area contributed by atoms with Gasteiger partial charge in [0.2, 0.25) is 0 Å². The average Bonchev–Trinajstić information content (AvgIpc) is 2.26. The minimum atomic E-state index is 0.0352. The molecule has 16 heavy (non-hydrogen) atoms. The first-order valence-corrected chi connectivity index (χ1v) is 5.54.